The van der Waals surface area contributed by atoms with Crippen molar-refractivity contribution in [2.45, 2.75) is 11.4 Å². The lowest BCUT2D eigenvalue weighted by Crippen LogP contribution is -2.69. The predicted octanol–water partition coefficient (Wildman–Crippen LogP) is -1.55. The second-order valence-corrected chi connectivity index (χ2v) is 5.14. The summed E-state index contributed by atoms with van der Waals surface area (Å²) in [5.41, 5.74) is 4.90. The van der Waals surface area contributed by atoms with Crippen molar-refractivity contribution in [3.8, 4) is 0 Å². The van der Waals surface area contributed by atoms with Gasteiger partial charge in [-0.05, 0) is 0 Å². The molecule has 2 heterocycles. The van der Waals surface area contributed by atoms with Gasteiger partial charge in [-0.15, -0.1) is 11.8 Å². The van der Waals surface area contributed by atoms with Crippen LogP contribution in [-0.4, -0.2) is 58.2 Å². The molecule has 2 aliphatic heterocycles. The summed E-state index contributed by atoms with van der Waals surface area (Å²) < 4.78 is 4.57. The van der Waals surface area contributed by atoms with E-state index >= 15 is 0 Å². The lowest BCUT2D eigenvalue weighted by molar-refractivity contribution is -0.149. The lowest BCUT2D eigenvalue weighted by Gasteiger charge is -2.48. The quantitative estimate of drug-likeness (QED) is 0.412. The molecule has 1 saturated heterocycles. The van der Waals surface area contributed by atoms with E-state index in [0.29, 0.717) is 6.41 Å². The van der Waals surface area contributed by atoms with Gasteiger partial charge in [-0.3, -0.25) is 14.5 Å². The Morgan fingerprint density at radius 3 is 2.85 bits per heavy atom. The van der Waals surface area contributed by atoms with Crippen molar-refractivity contribution in [2.75, 3.05) is 12.4 Å². The number of nitrogens with zero attached hydrogens (tertiary/aromatic N) is 1. The van der Waals surface area contributed by atoms with Crippen molar-refractivity contribution in [1.82, 2.24) is 10.2 Å². The first-order valence-corrected chi connectivity index (χ1v) is 6.54. The molecule has 10 heteroatoms. The smallest absolute Gasteiger partial charge is 0.404 e. The van der Waals surface area contributed by atoms with Gasteiger partial charge in [0.2, 0.25) is 6.41 Å². The molecule has 0 aliphatic carbocycles. The van der Waals surface area contributed by atoms with E-state index in [0.717, 1.165) is 4.90 Å². The fourth-order valence-corrected chi connectivity index (χ4v) is 3.38. The van der Waals surface area contributed by atoms with E-state index in [1.807, 2.05) is 0 Å². The number of fused-ring (bicyclic) bond motifs is 1. The van der Waals surface area contributed by atoms with Gasteiger partial charge < -0.3 is 20.9 Å². The minimum absolute atomic E-state index is 0.219. The molecule has 2 aliphatic rings. The van der Waals surface area contributed by atoms with E-state index in [2.05, 4.69) is 10.1 Å². The number of carbonyl (C=O) groups is 4. The van der Waals surface area contributed by atoms with Crippen LogP contribution in [0.3, 0.4) is 0 Å². The third-order valence-corrected chi connectivity index (χ3v) is 4.23. The lowest BCUT2D eigenvalue weighted by atomic mass is 10.0. The van der Waals surface area contributed by atoms with Crippen LogP contribution >= 0.6 is 11.8 Å². The number of ether oxygens (including phenoxy) is 1. The van der Waals surface area contributed by atoms with Gasteiger partial charge in [0.25, 0.3) is 5.91 Å². The number of nitrogens with one attached hydrogen (secondary N) is 1. The third kappa shape index (κ3) is 2.29. The van der Waals surface area contributed by atoms with Crippen LogP contribution < -0.4 is 11.1 Å². The van der Waals surface area contributed by atoms with Gasteiger partial charge >= 0.3 is 12.1 Å². The highest BCUT2D eigenvalue weighted by molar-refractivity contribution is 8.00. The molecule has 1 fully saturated rings. The van der Waals surface area contributed by atoms with Gasteiger partial charge in [-0.25, -0.2) is 9.59 Å². The number of rotatable bonds is 5. The highest BCUT2D eigenvalue weighted by Crippen LogP contribution is 2.40. The number of nitrogens with two attached hydrogens (primary N) is 1. The summed E-state index contributed by atoms with van der Waals surface area (Å²) in [5.74, 6) is -1.54. The standard InChI is InChI=1S/C10H11N3O6S/c11-10(18)19-1-4-2-20-8-5(12-3-14)7(15)13(8)6(4)9(16)17/h3,5,8H,1-2H2,(H2,11,18)(H,12,14)(H,16,17)/t5-,8+/m1/s1. The molecule has 2 rings (SSSR count). The summed E-state index contributed by atoms with van der Waals surface area (Å²) >= 11 is 1.28. The number of thioether (sulfide) groups is 1. The van der Waals surface area contributed by atoms with E-state index in [1.54, 1.807) is 0 Å². The number of carbonyl (C=O) groups excluding carboxylic acids is 3. The molecule has 3 amide bonds. The molecule has 9 nitrogen and oxygen atoms in total. The molecule has 0 aromatic carbocycles. The molecule has 0 aromatic rings. The second-order valence-electron chi connectivity index (χ2n) is 4.04. The summed E-state index contributed by atoms with van der Waals surface area (Å²) in [6.07, 6.45) is -0.624. The van der Waals surface area contributed by atoms with Crippen molar-refractivity contribution < 1.29 is 29.0 Å². The zero-order valence-electron chi connectivity index (χ0n) is 10.1. The molecule has 20 heavy (non-hydrogen) atoms. The van der Waals surface area contributed by atoms with Crippen LogP contribution in [0.5, 0.6) is 0 Å². The number of carboxylic acids is 1. The number of carboxylic acid groups (broad SMARTS) is 1. The monoisotopic (exact) mass is 301 g/mol. The van der Waals surface area contributed by atoms with Gasteiger partial charge in [-0.2, -0.15) is 0 Å². The van der Waals surface area contributed by atoms with Crippen LogP contribution in [0.4, 0.5) is 4.79 Å². The van der Waals surface area contributed by atoms with Gasteiger partial charge in [-0.1, -0.05) is 0 Å². The first-order chi connectivity index (χ1) is 9.47. The van der Waals surface area contributed by atoms with Crippen LogP contribution in [0.2, 0.25) is 0 Å². The topological polar surface area (TPSA) is 139 Å². The Bertz CT molecular complexity index is 519. The molecule has 0 aromatic heterocycles. The van der Waals surface area contributed by atoms with Crippen LogP contribution in [0.25, 0.3) is 0 Å². The molecule has 0 spiro atoms. The minimum atomic E-state index is -1.30. The SMILES string of the molecule is NC(=O)OCC1=C(C(=O)O)N2C(=O)[C@@H](NC=O)[C@@H]2SC1. The third-order valence-electron chi connectivity index (χ3n) is 2.89. The molecule has 0 saturated carbocycles. The minimum Gasteiger partial charge on any atom is -0.477 e. The molecule has 2 atom stereocenters. The van der Waals surface area contributed by atoms with Gasteiger partial charge in [0.05, 0.1) is 0 Å². The van der Waals surface area contributed by atoms with Gasteiger partial charge in [0.1, 0.15) is 23.7 Å². The maximum Gasteiger partial charge on any atom is 0.404 e. The van der Waals surface area contributed by atoms with Crippen molar-refractivity contribution in [3.05, 3.63) is 11.3 Å². The van der Waals surface area contributed by atoms with E-state index < -0.39 is 29.4 Å². The predicted molar refractivity (Wildman–Crippen MR) is 66.3 cm³/mol. The number of hydrogen-bond donors (Lipinski definition) is 3. The fraction of sp³-hybridized carbons (Fsp3) is 0.400. The van der Waals surface area contributed by atoms with Crippen molar-refractivity contribution in [1.29, 1.82) is 0 Å². The van der Waals surface area contributed by atoms with Crippen LogP contribution in [0, 0.1) is 0 Å². The Morgan fingerprint density at radius 2 is 2.30 bits per heavy atom. The number of β-lactam (4-membered cyclic amide) rings is 1. The van der Waals surface area contributed by atoms with Crippen LogP contribution in [0.1, 0.15) is 0 Å². The second kappa shape index (κ2) is 5.41. The first-order valence-electron chi connectivity index (χ1n) is 5.49. The van der Waals surface area contributed by atoms with E-state index in [9.17, 15) is 24.3 Å². The highest BCUT2D eigenvalue weighted by Gasteiger charge is 2.53. The Hall–Kier alpha value is -2.23. The molecule has 0 bridgehead atoms. The molecular weight excluding hydrogens is 290 g/mol. The van der Waals surface area contributed by atoms with Crippen LogP contribution in [-0.2, 0) is 19.1 Å². The maximum atomic E-state index is 11.8. The Labute approximate surface area is 117 Å². The summed E-state index contributed by atoms with van der Waals surface area (Å²) in [5, 5.41) is 11.1. The Balaban J connectivity index is 2.23. The van der Waals surface area contributed by atoms with Crippen molar-refractivity contribution >= 4 is 36.1 Å². The Kier molecular flexibility index (Phi) is 3.84. The number of hydrogen-bond acceptors (Lipinski definition) is 6. The van der Waals surface area contributed by atoms with Gasteiger partial charge in [0, 0.05) is 11.3 Å². The zero-order chi connectivity index (χ0) is 14.9. The molecule has 4 N–H and O–H groups in total. The number of aliphatic carboxylic acids is 1. The average molecular weight is 301 g/mol. The summed E-state index contributed by atoms with van der Waals surface area (Å²) in [4.78, 5) is 45.2. The largest absolute Gasteiger partial charge is 0.477 e. The van der Waals surface area contributed by atoms with E-state index in [4.69, 9.17) is 5.73 Å². The molecule has 0 unspecified atom stereocenters. The van der Waals surface area contributed by atoms with Crippen LogP contribution in [0.15, 0.2) is 11.3 Å². The zero-order valence-corrected chi connectivity index (χ0v) is 10.9. The van der Waals surface area contributed by atoms with Crippen molar-refractivity contribution in [3.63, 3.8) is 0 Å². The average Bonchev–Trinajstić information content (AvgIpc) is 2.40. The summed E-state index contributed by atoms with van der Waals surface area (Å²) in [6, 6.07) is -0.731. The number of amides is 3. The molecule has 0 radical (unpaired) electrons. The first kappa shape index (κ1) is 14.2. The summed E-state index contributed by atoms with van der Waals surface area (Å²) in [6.45, 7) is -0.285. The molecular formula is C10H11N3O6S. The Morgan fingerprint density at radius 1 is 1.60 bits per heavy atom. The summed E-state index contributed by atoms with van der Waals surface area (Å²) in [7, 11) is 0. The normalized spacial score (nSPS) is 24.6. The fourth-order valence-electron chi connectivity index (χ4n) is 2.05. The van der Waals surface area contributed by atoms with E-state index in [-0.39, 0.29) is 23.6 Å². The van der Waals surface area contributed by atoms with Gasteiger partial charge in [0.15, 0.2) is 0 Å². The maximum absolute atomic E-state index is 11.8. The molecule has 108 valence electrons. The highest BCUT2D eigenvalue weighted by atomic mass is 32.2. The number of primary amides is 1. The van der Waals surface area contributed by atoms with Crippen molar-refractivity contribution in [2.24, 2.45) is 5.73 Å². The van der Waals surface area contributed by atoms with E-state index in [1.165, 1.54) is 11.8 Å².